The Morgan fingerprint density at radius 1 is 0.900 bits per heavy atom. The minimum Gasteiger partial charge on any atom is -0.383 e. The fraction of sp³-hybridized carbons (Fsp3) is 0.333. The molecule has 0 heterocycles. The maximum atomic E-state index is 5.42. The lowest BCUT2D eigenvalue weighted by Gasteiger charge is -2.28. The molecule has 2 heteroatoms. The van der Waals surface area contributed by atoms with Crippen molar-refractivity contribution in [2.45, 2.75) is 18.9 Å². The first-order chi connectivity index (χ1) is 9.86. The number of hydrogen-bond acceptors (Lipinski definition) is 2. The number of benzene rings is 2. The normalized spacial score (nSPS) is 12.6. The molecule has 0 aliphatic carbocycles. The number of ether oxygens (including phenoxy) is 1. The van der Waals surface area contributed by atoms with Gasteiger partial charge in [0.15, 0.2) is 0 Å². The predicted molar refractivity (Wildman–Crippen MR) is 84.1 cm³/mol. The zero-order chi connectivity index (χ0) is 14.2. The van der Waals surface area contributed by atoms with Crippen LogP contribution in [0.5, 0.6) is 0 Å². The van der Waals surface area contributed by atoms with E-state index in [1.54, 1.807) is 7.11 Å². The molecule has 106 valence electrons. The molecule has 0 spiro atoms. The van der Waals surface area contributed by atoms with Gasteiger partial charge in [-0.2, -0.15) is 0 Å². The minimum absolute atomic E-state index is 0.273. The average molecular weight is 269 g/mol. The molecule has 0 aliphatic rings. The van der Waals surface area contributed by atoms with E-state index in [4.69, 9.17) is 4.74 Å². The van der Waals surface area contributed by atoms with Crippen molar-refractivity contribution >= 4 is 0 Å². The van der Waals surface area contributed by atoms with Crippen LogP contribution in [0, 0.1) is 0 Å². The van der Waals surface area contributed by atoms with Crippen LogP contribution >= 0.6 is 0 Å². The van der Waals surface area contributed by atoms with Crippen molar-refractivity contribution in [1.82, 2.24) is 5.32 Å². The van der Waals surface area contributed by atoms with Gasteiger partial charge in [-0.1, -0.05) is 67.6 Å². The second kappa shape index (κ2) is 7.83. The number of hydrogen-bond donors (Lipinski definition) is 1. The number of nitrogens with one attached hydrogen (secondary N) is 1. The summed E-state index contributed by atoms with van der Waals surface area (Å²) in [4.78, 5) is 0. The molecular weight excluding hydrogens is 246 g/mol. The first kappa shape index (κ1) is 14.8. The average Bonchev–Trinajstić information content (AvgIpc) is 2.50. The van der Waals surface area contributed by atoms with Crippen LogP contribution in [0.25, 0.3) is 0 Å². The number of rotatable bonds is 7. The summed E-state index contributed by atoms with van der Waals surface area (Å²) in [6.45, 7) is 3.77. The van der Waals surface area contributed by atoms with Crippen LogP contribution < -0.4 is 5.32 Å². The largest absolute Gasteiger partial charge is 0.383 e. The standard InChI is InChI=1S/C18H23NO/c1-3-19-17(14-20-2)18(15-10-6-4-7-11-15)16-12-8-5-9-13-16/h4-13,17-19H,3,14H2,1-2H3. The predicted octanol–water partition coefficient (Wildman–Crippen LogP) is 3.44. The molecule has 2 rings (SSSR count). The van der Waals surface area contributed by atoms with Crippen molar-refractivity contribution in [2.75, 3.05) is 20.3 Å². The first-order valence-corrected chi connectivity index (χ1v) is 7.19. The van der Waals surface area contributed by atoms with E-state index in [1.165, 1.54) is 11.1 Å². The van der Waals surface area contributed by atoms with Crippen molar-refractivity contribution in [3.8, 4) is 0 Å². The Morgan fingerprint density at radius 2 is 1.40 bits per heavy atom. The lowest BCUT2D eigenvalue weighted by atomic mass is 9.85. The molecule has 0 aliphatic heterocycles. The van der Waals surface area contributed by atoms with Crippen LogP contribution in [0.1, 0.15) is 24.0 Å². The van der Waals surface area contributed by atoms with Gasteiger partial charge in [0.25, 0.3) is 0 Å². The highest BCUT2D eigenvalue weighted by Crippen LogP contribution is 2.28. The fourth-order valence-electron chi connectivity index (χ4n) is 2.69. The summed E-state index contributed by atoms with van der Waals surface area (Å²) in [6, 6.07) is 21.6. The molecule has 2 aromatic rings. The molecule has 0 saturated carbocycles. The van der Waals surface area contributed by atoms with E-state index in [-0.39, 0.29) is 6.04 Å². The van der Waals surface area contributed by atoms with Gasteiger partial charge in [-0.25, -0.2) is 0 Å². The highest BCUT2D eigenvalue weighted by Gasteiger charge is 2.23. The molecular formula is C18H23NO. The van der Waals surface area contributed by atoms with Gasteiger partial charge in [0.05, 0.1) is 6.61 Å². The summed E-state index contributed by atoms with van der Waals surface area (Å²) in [5, 5.41) is 3.56. The Kier molecular flexibility index (Phi) is 5.78. The maximum absolute atomic E-state index is 5.42. The van der Waals surface area contributed by atoms with Crippen molar-refractivity contribution in [3.05, 3.63) is 71.8 Å². The second-order valence-corrected chi connectivity index (χ2v) is 4.92. The Labute approximate surface area is 121 Å². The van der Waals surface area contributed by atoms with Crippen LogP contribution in [-0.2, 0) is 4.74 Å². The van der Waals surface area contributed by atoms with E-state index in [0.29, 0.717) is 12.5 Å². The highest BCUT2D eigenvalue weighted by atomic mass is 16.5. The molecule has 1 N–H and O–H groups in total. The van der Waals surface area contributed by atoms with Gasteiger partial charge >= 0.3 is 0 Å². The maximum Gasteiger partial charge on any atom is 0.0625 e. The van der Waals surface area contributed by atoms with Crippen LogP contribution in [0.15, 0.2) is 60.7 Å². The molecule has 0 radical (unpaired) electrons. The molecule has 20 heavy (non-hydrogen) atoms. The summed E-state index contributed by atoms with van der Waals surface area (Å²) in [5.74, 6) is 0.303. The zero-order valence-electron chi connectivity index (χ0n) is 12.3. The smallest absolute Gasteiger partial charge is 0.0625 e. The van der Waals surface area contributed by atoms with E-state index in [9.17, 15) is 0 Å². The summed E-state index contributed by atoms with van der Waals surface area (Å²) >= 11 is 0. The van der Waals surface area contributed by atoms with E-state index >= 15 is 0 Å². The van der Waals surface area contributed by atoms with Gasteiger partial charge in [-0.15, -0.1) is 0 Å². The molecule has 0 aromatic heterocycles. The molecule has 1 unspecified atom stereocenters. The monoisotopic (exact) mass is 269 g/mol. The van der Waals surface area contributed by atoms with E-state index in [2.05, 4.69) is 72.9 Å². The van der Waals surface area contributed by atoms with Crippen LogP contribution in [0.4, 0.5) is 0 Å². The van der Waals surface area contributed by atoms with Gasteiger partial charge in [-0.05, 0) is 17.7 Å². The fourth-order valence-corrected chi connectivity index (χ4v) is 2.69. The molecule has 0 saturated heterocycles. The Morgan fingerprint density at radius 3 is 1.80 bits per heavy atom. The molecule has 0 bridgehead atoms. The summed E-state index contributed by atoms with van der Waals surface area (Å²) in [5.41, 5.74) is 2.64. The van der Waals surface area contributed by atoms with Crippen molar-refractivity contribution in [1.29, 1.82) is 0 Å². The zero-order valence-corrected chi connectivity index (χ0v) is 12.3. The first-order valence-electron chi connectivity index (χ1n) is 7.19. The Hall–Kier alpha value is -1.64. The van der Waals surface area contributed by atoms with Crippen molar-refractivity contribution in [2.24, 2.45) is 0 Å². The van der Waals surface area contributed by atoms with Crippen molar-refractivity contribution in [3.63, 3.8) is 0 Å². The van der Waals surface area contributed by atoms with Gasteiger partial charge in [0.1, 0.15) is 0 Å². The van der Waals surface area contributed by atoms with Crippen molar-refractivity contribution < 1.29 is 4.74 Å². The molecule has 1 atom stereocenters. The molecule has 2 nitrogen and oxygen atoms in total. The van der Waals surface area contributed by atoms with E-state index in [1.807, 2.05) is 0 Å². The SMILES string of the molecule is CCNC(COC)C(c1ccccc1)c1ccccc1. The van der Waals surface area contributed by atoms with Crippen LogP contribution in [0.3, 0.4) is 0 Å². The lowest BCUT2D eigenvalue weighted by Crippen LogP contribution is -2.39. The number of methoxy groups -OCH3 is 1. The minimum atomic E-state index is 0.273. The third-order valence-corrected chi connectivity index (χ3v) is 3.53. The third-order valence-electron chi connectivity index (χ3n) is 3.53. The van der Waals surface area contributed by atoms with Crippen LogP contribution in [-0.4, -0.2) is 26.3 Å². The third kappa shape index (κ3) is 3.69. The van der Waals surface area contributed by atoms with Gasteiger partial charge in [0, 0.05) is 19.1 Å². The lowest BCUT2D eigenvalue weighted by molar-refractivity contribution is 0.160. The highest BCUT2D eigenvalue weighted by molar-refractivity contribution is 5.34. The summed E-state index contributed by atoms with van der Waals surface area (Å²) in [6.07, 6.45) is 0. The summed E-state index contributed by atoms with van der Waals surface area (Å²) < 4.78 is 5.42. The molecule has 2 aromatic carbocycles. The molecule has 0 fully saturated rings. The van der Waals surface area contributed by atoms with E-state index in [0.717, 1.165) is 6.54 Å². The quantitative estimate of drug-likeness (QED) is 0.831. The van der Waals surface area contributed by atoms with Crippen LogP contribution in [0.2, 0.25) is 0 Å². The second-order valence-electron chi connectivity index (χ2n) is 4.92. The summed E-state index contributed by atoms with van der Waals surface area (Å²) in [7, 11) is 1.76. The Balaban J connectivity index is 2.38. The Bertz CT molecular complexity index is 438. The number of likely N-dealkylation sites (N-methyl/N-ethyl adjacent to an activating group) is 1. The molecule has 0 amide bonds. The van der Waals surface area contributed by atoms with Gasteiger partial charge in [-0.3, -0.25) is 0 Å². The topological polar surface area (TPSA) is 21.3 Å². The van der Waals surface area contributed by atoms with E-state index < -0.39 is 0 Å². The van der Waals surface area contributed by atoms with Gasteiger partial charge in [0.2, 0.25) is 0 Å². The van der Waals surface area contributed by atoms with Gasteiger partial charge < -0.3 is 10.1 Å².